The van der Waals surface area contributed by atoms with E-state index in [-0.39, 0.29) is 0 Å². The number of halogens is 2. The molecule has 0 aliphatic carbocycles. The summed E-state index contributed by atoms with van der Waals surface area (Å²) in [5, 5.41) is 4.19. The van der Waals surface area contributed by atoms with Crippen molar-refractivity contribution in [3.05, 3.63) is 105 Å². The predicted molar refractivity (Wildman–Crippen MR) is 136 cm³/mol. The Balaban J connectivity index is 1.72. The molecule has 0 unspecified atom stereocenters. The molecule has 0 aliphatic rings. The Hall–Kier alpha value is -3.41. The van der Waals surface area contributed by atoms with Gasteiger partial charge >= 0.3 is 5.97 Å². The number of nitrogens with one attached hydrogen (secondary N) is 1. The van der Waals surface area contributed by atoms with Gasteiger partial charge in [0, 0.05) is 32.4 Å². The van der Waals surface area contributed by atoms with Crippen LogP contribution in [0.2, 0.25) is 10.0 Å². The summed E-state index contributed by atoms with van der Waals surface area (Å²) in [6.45, 7) is 3.83. The minimum absolute atomic E-state index is 0.377. The lowest BCUT2D eigenvalue weighted by atomic mass is 10.00. The number of aryl methyl sites for hydroxylation is 1. The molecule has 172 valence electrons. The van der Waals surface area contributed by atoms with E-state index in [0.717, 1.165) is 11.3 Å². The smallest absolute Gasteiger partial charge is 0.340 e. The standard InChI is InChI=1S/C27H22Cl2N2O3/c1-3-22-16(2)24(21-11-7-8-12-23(21)31-22)27(33)34-25(17-9-5-4-6-10-17)26(32)30-20-14-18(28)13-19(29)15-20/h4-15,25H,3H2,1-2H3,(H,30,32)/t25-/m0/s1. The molecule has 0 bridgehead atoms. The summed E-state index contributed by atoms with van der Waals surface area (Å²) in [5.41, 5.74) is 3.58. The van der Waals surface area contributed by atoms with Gasteiger partial charge < -0.3 is 10.1 Å². The maximum absolute atomic E-state index is 13.5. The molecule has 1 N–H and O–H groups in total. The van der Waals surface area contributed by atoms with Crippen LogP contribution in [-0.4, -0.2) is 16.9 Å². The number of esters is 1. The van der Waals surface area contributed by atoms with Crippen LogP contribution in [0.3, 0.4) is 0 Å². The first-order valence-electron chi connectivity index (χ1n) is 10.8. The monoisotopic (exact) mass is 492 g/mol. The molecule has 0 saturated heterocycles. The van der Waals surface area contributed by atoms with Crippen LogP contribution >= 0.6 is 23.2 Å². The van der Waals surface area contributed by atoms with E-state index >= 15 is 0 Å². The average molecular weight is 493 g/mol. The molecular weight excluding hydrogens is 471 g/mol. The van der Waals surface area contributed by atoms with Crippen LogP contribution in [0, 0.1) is 6.92 Å². The zero-order chi connectivity index (χ0) is 24.2. The lowest BCUT2D eigenvalue weighted by molar-refractivity contribution is -0.125. The fourth-order valence-electron chi connectivity index (χ4n) is 3.87. The Morgan fingerprint density at radius 2 is 1.62 bits per heavy atom. The second-order valence-electron chi connectivity index (χ2n) is 7.77. The Morgan fingerprint density at radius 3 is 2.29 bits per heavy atom. The van der Waals surface area contributed by atoms with Crippen molar-refractivity contribution in [3.8, 4) is 0 Å². The molecule has 0 saturated carbocycles. The highest BCUT2D eigenvalue weighted by Crippen LogP contribution is 2.29. The van der Waals surface area contributed by atoms with E-state index in [1.807, 2.05) is 44.2 Å². The van der Waals surface area contributed by atoms with Crippen molar-refractivity contribution in [1.29, 1.82) is 0 Å². The number of pyridine rings is 1. The number of amides is 1. The number of hydrogen-bond acceptors (Lipinski definition) is 4. The van der Waals surface area contributed by atoms with Crippen molar-refractivity contribution >= 4 is 51.7 Å². The molecule has 1 amide bonds. The fourth-order valence-corrected chi connectivity index (χ4v) is 4.39. The third-order valence-corrected chi connectivity index (χ3v) is 5.91. The summed E-state index contributed by atoms with van der Waals surface area (Å²) < 4.78 is 5.86. The number of benzene rings is 3. The summed E-state index contributed by atoms with van der Waals surface area (Å²) in [5.74, 6) is -1.12. The number of fused-ring (bicyclic) bond motifs is 1. The van der Waals surface area contributed by atoms with Crippen molar-refractivity contribution in [2.75, 3.05) is 5.32 Å². The summed E-state index contributed by atoms with van der Waals surface area (Å²) in [7, 11) is 0. The lowest BCUT2D eigenvalue weighted by Crippen LogP contribution is -2.26. The van der Waals surface area contributed by atoms with E-state index in [1.165, 1.54) is 0 Å². The first-order chi connectivity index (χ1) is 16.4. The highest BCUT2D eigenvalue weighted by atomic mass is 35.5. The van der Waals surface area contributed by atoms with Gasteiger partial charge in [0.1, 0.15) is 0 Å². The van der Waals surface area contributed by atoms with Gasteiger partial charge in [-0.25, -0.2) is 4.79 Å². The van der Waals surface area contributed by atoms with Crippen molar-refractivity contribution in [3.63, 3.8) is 0 Å². The maximum atomic E-state index is 13.5. The Kier molecular flexibility index (Phi) is 7.15. The van der Waals surface area contributed by atoms with E-state index in [9.17, 15) is 9.59 Å². The normalized spacial score (nSPS) is 11.8. The molecule has 4 rings (SSSR count). The molecule has 5 nitrogen and oxygen atoms in total. The molecule has 7 heteroatoms. The largest absolute Gasteiger partial charge is 0.444 e. The Bertz CT molecular complexity index is 1350. The van der Waals surface area contributed by atoms with E-state index in [1.54, 1.807) is 42.5 Å². The number of ether oxygens (including phenoxy) is 1. The molecule has 4 aromatic rings. The zero-order valence-corrected chi connectivity index (χ0v) is 20.2. The molecule has 0 aliphatic heterocycles. The van der Waals surface area contributed by atoms with Gasteiger partial charge in [-0.3, -0.25) is 9.78 Å². The highest BCUT2D eigenvalue weighted by molar-refractivity contribution is 6.35. The molecule has 3 aromatic carbocycles. The van der Waals surface area contributed by atoms with Crippen molar-refractivity contribution < 1.29 is 14.3 Å². The second kappa shape index (κ2) is 10.2. The summed E-state index contributed by atoms with van der Waals surface area (Å²) >= 11 is 12.1. The number of para-hydroxylation sites is 1. The molecule has 1 heterocycles. The van der Waals surface area contributed by atoms with Gasteiger partial charge in [0.2, 0.25) is 6.10 Å². The summed E-state index contributed by atoms with van der Waals surface area (Å²) in [6.07, 6.45) is -0.530. The minimum Gasteiger partial charge on any atom is -0.444 e. The van der Waals surface area contributed by atoms with Crippen molar-refractivity contribution in [2.24, 2.45) is 0 Å². The quantitative estimate of drug-likeness (QED) is 0.295. The molecular formula is C27H22Cl2N2O3. The number of carbonyl (C=O) groups is 2. The van der Waals surface area contributed by atoms with Gasteiger partial charge in [0.05, 0.1) is 11.1 Å². The van der Waals surface area contributed by atoms with E-state index in [0.29, 0.717) is 44.2 Å². The first kappa shape index (κ1) is 23.7. The van der Waals surface area contributed by atoms with E-state index in [2.05, 4.69) is 10.3 Å². The highest BCUT2D eigenvalue weighted by Gasteiger charge is 2.28. The molecule has 0 spiro atoms. The third-order valence-electron chi connectivity index (χ3n) is 5.47. The van der Waals surface area contributed by atoms with Crippen molar-refractivity contribution in [1.82, 2.24) is 4.98 Å². The average Bonchev–Trinajstić information content (AvgIpc) is 2.81. The van der Waals surface area contributed by atoms with Gasteiger partial charge in [-0.05, 0) is 43.2 Å². The molecule has 1 atom stereocenters. The summed E-state index contributed by atoms with van der Waals surface area (Å²) in [4.78, 5) is 31.5. The lowest BCUT2D eigenvalue weighted by Gasteiger charge is -2.20. The number of anilines is 1. The fraction of sp³-hybridized carbons (Fsp3) is 0.148. The third kappa shape index (κ3) is 5.06. The zero-order valence-electron chi connectivity index (χ0n) is 18.6. The number of nitrogens with zero attached hydrogens (tertiary/aromatic N) is 1. The van der Waals surface area contributed by atoms with E-state index < -0.39 is 18.0 Å². The molecule has 0 fully saturated rings. The molecule has 0 radical (unpaired) electrons. The molecule has 1 aromatic heterocycles. The van der Waals surface area contributed by atoms with E-state index in [4.69, 9.17) is 27.9 Å². The first-order valence-corrected chi connectivity index (χ1v) is 11.5. The summed E-state index contributed by atoms with van der Waals surface area (Å²) in [6, 6.07) is 21.0. The van der Waals surface area contributed by atoms with Crippen LogP contribution in [0.15, 0.2) is 72.8 Å². The van der Waals surface area contributed by atoms with Crippen LogP contribution in [0.1, 0.15) is 40.2 Å². The maximum Gasteiger partial charge on any atom is 0.340 e. The number of rotatable bonds is 6. The van der Waals surface area contributed by atoms with Crippen LogP contribution in [-0.2, 0) is 16.0 Å². The predicted octanol–water partition coefficient (Wildman–Crippen LogP) is 6.95. The molecule has 34 heavy (non-hydrogen) atoms. The SMILES string of the molecule is CCc1nc2ccccc2c(C(=O)O[C@H](C(=O)Nc2cc(Cl)cc(Cl)c2)c2ccccc2)c1C. The van der Waals surface area contributed by atoms with Gasteiger partial charge in [0.15, 0.2) is 0 Å². The van der Waals surface area contributed by atoms with Gasteiger partial charge in [-0.2, -0.15) is 0 Å². The Morgan fingerprint density at radius 1 is 0.971 bits per heavy atom. The van der Waals surface area contributed by atoms with Crippen LogP contribution in [0.5, 0.6) is 0 Å². The topological polar surface area (TPSA) is 68.3 Å². The van der Waals surface area contributed by atoms with Crippen molar-refractivity contribution in [2.45, 2.75) is 26.4 Å². The number of hydrogen-bond donors (Lipinski definition) is 1. The minimum atomic E-state index is -1.19. The van der Waals surface area contributed by atoms with Crippen LogP contribution < -0.4 is 5.32 Å². The van der Waals surface area contributed by atoms with Gasteiger partial charge in [-0.1, -0.05) is 78.7 Å². The van der Waals surface area contributed by atoms with Crippen LogP contribution in [0.4, 0.5) is 5.69 Å². The van der Waals surface area contributed by atoms with Gasteiger partial charge in [0.25, 0.3) is 5.91 Å². The Labute approximate surface area is 207 Å². The number of aromatic nitrogens is 1. The van der Waals surface area contributed by atoms with Crippen LogP contribution in [0.25, 0.3) is 10.9 Å². The number of carbonyl (C=O) groups excluding carboxylic acids is 2. The van der Waals surface area contributed by atoms with Gasteiger partial charge in [-0.15, -0.1) is 0 Å². The second-order valence-corrected chi connectivity index (χ2v) is 8.65.